The molecule has 0 atom stereocenters. The van der Waals surface area contributed by atoms with Crippen LogP contribution >= 0.6 is 11.9 Å². The van der Waals surface area contributed by atoms with Gasteiger partial charge in [-0.2, -0.15) is 0 Å². The number of fused-ring (bicyclic) bond motifs is 1. The van der Waals surface area contributed by atoms with Gasteiger partial charge in [0.1, 0.15) is 11.3 Å². The molecule has 1 aromatic heterocycles. The highest BCUT2D eigenvalue weighted by Crippen LogP contribution is 2.28. The Balaban J connectivity index is 0.000000237. The molecule has 1 N–H and O–H groups in total. The van der Waals surface area contributed by atoms with E-state index in [9.17, 15) is 9.18 Å². The molecule has 0 unspecified atom stereocenters. The highest BCUT2D eigenvalue weighted by molar-refractivity contribution is 6.08. The summed E-state index contributed by atoms with van der Waals surface area (Å²) in [5.41, 5.74) is 3.76. The van der Waals surface area contributed by atoms with Gasteiger partial charge in [-0.25, -0.2) is 4.39 Å². The average molecular weight is 403 g/mol. The molecule has 0 aliphatic carbocycles. The first-order valence-corrected chi connectivity index (χ1v) is 9.28. The summed E-state index contributed by atoms with van der Waals surface area (Å²) in [7, 11) is 1.72. The molecule has 0 aliphatic rings. The third-order valence-corrected chi connectivity index (χ3v) is 4.30. The number of ketones is 1. The first-order valence-electron chi connectivity index (χ1n) is 8.97. The quantitative estimate of drug-likeness (QED) is 0.538. The van der Waals surface area contributed by atoms with E-state index in [4.69, 9.17) is 11.9 Å². The molecule has 3 rings (SSSR count). The predicted octanol–water partition coefficient (Wildman–Crippen LogP) is 5.92. The summed E-state index contributed by atoms with van der Waals surface area (Å²) in [5, 5.41) is 3.60. The molecular weight excluding hydrogens is 379 g/mol. The van der Waals surface area contributed by atoms with E-state index in [1.54, 1.807) is 19.2 Å². The van der Waals surface area contributed by atoms with Crippen LogP contribution in [-0.2, 0) is 10.9 Å². The normalized spacial score (nSPS) is 10.5. The number of anilines is 1. The minimum Gasteiger partial charge on any atom is -0.387 e. The number of hydrogen-bond acceptors (Lipinski definition) is 4. The van der Waals surface area contributed by atoms with Crippen LogP contribution in [0.5, 0.6) is 0 Å². The molecule has 0 aliphatic heterocycles. The summed E-state index contributed by atoms with van der Waals surface area (Å²) >= 11 is 5.09. The summed E-state index contributed by atoms with van der Waals surface area (Å²) in [6.45, 7) is 6.18. The molecule has 0 radical (unpaired) electrons. The van der Waals surface area contributed by atoms with Crippen molar-refractivity contribution >= 4 is 34.2 Å². The van der Waals surface area contributed by atoms with E-state index in [2.05, 4.69) is 14.6 Å². The lowest BCUT2D eigenvalue weighted by molar-refractivity contribution is 0.0940. The number of nitrogens with one attached hydrogen (secondary N) is 1. The Morgan fingerprint density at radius 3 is 2.57 bits per heavy atom. The lowest BCUT2D eigenvalue weighted by Gasteiger charge is -2.13. The fraction of sp³-hybridized carbons (Fsp3) is 0.273. The maximum absolute atomic E-state index is 13.6. The van der Waals surface area contributed by atoms with Gasteiger partial charge in [0.15, 0.2) is 5.78 Å². The molecule has 0 spiro atoms. The number of nitrogens with zero attached hydrogens (tertiary/aromatic N) is 1. The molecule has 0 saturated carbocycles. The second kappa shape index (κ2) is 10.2. The van der Waals surface area contributed by atoms with Crippen molar-refractivity contribution < 1.29 is 13.5 Å². The lowest BCUT2D eigenvalue weighted by atomic mass is 9.99. The number of hydrogen-bond donors (Lipinski definition) is 1. The van der Waals surface area contributed by atoms with Crippen molar-refractivity contribution in [1.82, 2.24) is 4.98 Å². The summed E-state index contributed by atoms with van der Waals surface area (Å²) in [6, 6.07) is 12.8. The van der Waals surface area contributed by atoms with E-state index in [0.717, 1.165) is 5.56 Å². The number of aromatic nitrogens is 1. The molecule has 0 saturated heterocycles. The molecule has 6 heteroatoms. The standard InChI is InChI=1S/C14H15FN2O.C8H9ClO/c1-8(2)14(18)10-7-17-13-9(12(10)16-3)5-4-6-11(13)15;1-7-3-2-4-8(5-7)6-10-9/h4-8H,1-3H3,(H,16,17);2-5H,6H2,1H3. The van der Waals surface area contributed by atoms with E-state index in [0.29, 0.717) is 23.2 Å². The highest BCUT2D eigenvalue weighted by Gasteiger charge is 2.18. The Morgan fingerprint density at radius 2 is 1.96 bits per heavy atom. The van der Waals surface area contributed by atoms with Crippen LogP contribution in [0.1, 0.15) is 35.3 Å². The summed E-state index contributed by atoms with van der Waals surface area (Å²) < 4.78 is 18.1. The van der Waals surface area contributed by atoms with Crippen LogP contribution in [-0.4, -0.2) is 17.8 Å². The SMILES string of the molecule is CNc1c(C(=O)C(C)C)cnc2c(F)cccc12.Cc1cccc(COCl)c1. The number of benzene rings is 2. The Hall–Kier alpha value is -2.50. The topological polar surface area (TPSA) is 51.2 Å². The van der Waals surface area contributed by atoms with E-state index < -0.39 is 0 Å². The largest absolute Gasteiger partial charge is 0.387 e. The van der Waals surface area contributed by atoms with Gasteiger partial charge in [0.05, 0.1) is 29.7 Å². The number of para-hydroxylation sites is 1. The van der Waals surface area contributed by atoms with E-state index in [-0.39, 0.29) is 23.0 Å². The van der Waals surface area contributed by atoms with Gasteiger partial charge in [0, 0.05) is 24.5 Å². The molecule has 0 fully saturated rings. The number of rotatable bonds is 5. The van der Waals surface area contributed by atoms with Crippen LogP contribution in [0.2, 0.25) is 0 Å². The zero-order valence-corrected chi connectivity index (χ0v) is 17.2. The van der Waals surface area contributed by atoms with Crippen molar-refractivity contribution in [3.63, 3.8) is 0 Å². The number of pyridine rings is 1. The minimum absolute atomic E-state index is 0.00184. The number of Topliss-reactive ketones (excluding diaryl/α,β-unsaturated/α-hetero) is 1. The molecule has 148 valence electrons. The second-order valence-electron chi connectivity index (χ2n) is 6.69. The zero-order chi connectivity index (χ0) is 20.7. The van der Waals surface area contributed by atoms with Gasteiger partial charge in [0.2, 0.25) is 0 Å². The van der Waals surface area contributed by atoms with Crippen molar-refractivity contribution in [2.24, 2.45) is 5.92 Å². The third kappa shape index (κ3) is 5.27. The Morgan fingerprint density at radius 1 is 1.25 bits per heavy atom. The first kappa shape index (κ1) is 21.8. The van der Waals surface area contributed by atoms with Gasteiger partial charge in [-0.3, -0.25) is 14.1 Å². The van der Waals surface area contributed by atoms with Crippen molar-refractivity contribution in [3.8, 4) is 0 Å². The minimum atomic E-state index is -0.382. The van der Waals surface area contributed by atoms with E-state index in [1.165, 1.54) is 17.8 Å². The van der Waals surface area contributed by atoms with Crippen LogP contribution < -0.4 is 5.32 Å². The van der Waals surface area contributed by atoms with Gasteiger partial charge in [-0.15, -0.1) is 0 Å². The fourth-order valence-electron chi connectivity index (χ4n) is 2.82. The van der Waals surface area contributed by atoms with E-state index >= 15 is 0 Å². The molecule has 28 heavy (non-hydrogen) atoms. The van der Waals surface area contributed by atoms with Crippen molar-refractivity contribution in [2.75, 3.05) is 12.4 Å². The van der Waals surface area contributed by atoms with Crippen molar-refractivity contribution in [1.29, 1.82) is 0 Å². The smallest absolute Gasteiger partial charge is 0.169 e. The van der Waals surface area contributed by atoms with Crippen molar-refractivity contribution in [3.05, 3.63) is 71.2 Å². The zero-order valence-electron chi connectivity index (χ0n) is 16.4. The molecular formula is C22H24ClFN2O2. The van der Waals surface area contributed by atoms with Crippen LogP contribution in [0, 0.1) is 18.7 Å². The van der Waals surface area contributed by atoms with Crippen LogP contribution in [0.3, 0.4) is 0 Å². The van der Waals surface area contributed by atoms with E-state index in [1.807, 2.05) is 45.0 Å². The van der Waals surface area contributed by atoms with Crippen molar-refractivity contribution in [2.45, 2.75) is 27.4 Å². The van der Waals surface area contributed by atoms with Crippen LogP contribution in [0.25, 0.3) is 10.9 Å². The van der Waals surface area contributed by atoms with Gasteiger partial charge >= 0.3 is 0 Å². The van der Waals surface area contributed by atoms with Gasteiger partial charge in [-0.1, -0.05) is 55.8 Å². The molecule has 3 aromatic rings. The second-order valence-corrected chi connectivity index (χ2v) is 6.91. The summed E-state index contributed by atoms with van der Waals surface area (Å²) in [5.74, 6) is -0.504. The van der Waals surface area contributed by atoms with Crippen LogP contribution in [0.15, 0.2) is 48.7 Å². The first-order chi connectivity index (χ1) is 13.4. The third-order valence-electron chi connectivity index (χ3n) is 4.19. The van der Waals surface area contributed by atoms with Crippen LogP contribution in [0.4, 0.5) is 10.1 Å². The number of carbonyl (C=O) groups is 1. The monoisotopic (exact) mass is 402 g/mol. The Kier molecular flexibility index (Phi) is 7.91. The lowest BCUT2D eigenvalue weighted by Crippen LogP contribution is -2.11. The maximum atomic E-state index is 13.6. The molecule has 2 aromatic carbocycles. The number of aryl methyl sites for hydroxylation is 1. The Bertz CT molecular complexity index is 960. The van der Waals surface area contributed by atoms with Gasteiger partial charge < -0.3 is 5.32 Å². The Labute approximate surface area is 169 Å². The summed E-state index contributed by atoms with van der Waals surface area (Å²) in [6.07, 6.45) is 1.44. The highest BCUT2D eigenvalue weighted by atomic mass is 35.5. The molecule has 0 bridgehead atoms. The predicted molar refractivity (Wildman–Crippen MR) is 112 cm³/mol. The number of carbonyl (C=O) groups excluding carboxylic acids is 1. The maximum Gasteiger partial charge on any atom is 0.169 e. The molecule has 0 amide bonds. The summed E-state index contributed by atoms with van der Waals surface area (Å²) in [4.78, 5) is 16.1. The molecule has 4 nitrogen and oxygen atoms in total. The number of halogens is 2. The van der Waals surface area contributed by atoms with Gasteiger partial charge in [-0.05, 0) is 18.6 Å². The molecule has 1 heterocycles. The van der Waals surface area contributed by atoms with Gasteiger partial charge in [0.25, 0.3) is 0 Å². The fourth-order valence-corrected chi connectivity index (χ4v) is 2.95. The average Bonchev–Trinajstić information content (AvgIpc) is 2.67.